The van der Waals surface area contributed by atoms with Gasteiger partial charge in [0.2, 0.25) is 0 Å². The quantitative estimate of drug-likeness (QED) is 0.740. The van der Waals surface area contributed by atoms with E-state index in [9.17, 15) is 0 Å². The molecule has 2 unspecified atom stereocenters. The first-order valence-corrected chi connectivity index (χ1v) is 8.36. The highest BCUT2D eigenvalue weighted by molar-refractivity contribution is 9.10. The SMILES string of the molecule is CC1CCCCC1N(C)c1cc(Br)nc(C(C)(C)C)n1. The zero-order valence-corrected chi connectivity index (χ0v) is 14.9. The Morgan fingerprint density at radius 2 is 1.85 bits per heavy atom. The standard InChI is InChI=1S/C16H26BrN3/c1-11-8-6-7-9-12(11)20(5)14-10-13(17)18-15(19-14)16(2,3)4/h10-12H,6-9H2,1-5H3. The highest BCUT2D eigenvalue weighted by atomic mass is 79.9. The fourth-order valence-electron chi connectivity index (χ4n) is 2.96. The van der Waals surface area contributed by atoms with E-state index in [1.54, 1.807) is 0 Å². The molecule has 2 rings (SSSR count). The van der Waals surface area contributed by atoms with Crippen molar-refractivity contribution in [3.05, 3.63) is 16.5 Å². The van der Waals surface area contributed by atoms with E-state index in [1.165, 1.54) is 25.7 Å². The van der Waals surface area contributed by atoms with Crippen molar-refractivity contribution >= 4 is 21.7 Å². The summed E-state index contributed by atoms with van der Waals surface area (Å²) in [5.41, 5.74) is -0.0302. The average molecular weight is 340 g/mol. The van der Waals surface area contributed by atoms with Crippen LogP contribution >= 0.6 is 15.9 Å². The van der Waals surface area contributed by atoms with Crippen molar-refractivity contribution in [2.24, 2.45) is 5.92 Å². The summed E-state index contributed by atoms with van der Waals surface area (Å²) in [7, 11) is 2.17. The van der Waals surface area contributed by atoms with Gasteiger partial charge in [-0.05, 0) is 34.7 Å². The minimum atomic E-state index is -0.0302. The molecule has 0 bridgehead atoms. The Bertz CT molecular complexity index is 467. The van der Waals surface area contributed by atoms with Crippen LogP contribution in [0.25, 0.3) is 0 Å². The van der Waals surface area contributed by atoms with Gasteiger partial charge < -0.3 is 4.90 Å². The van der Waals surface area contributed by atoms with Crippen molar-refractivity contribution in [3.63, 3.8) is 0 Å². The monoisotopic (exact) mass is 339 g/mol. The molecule has 1 aliphatic carbocycles. The van der Waals surface area contributed by atoms with E-state index >= 15 is 0 Å². The zero-order chi connectivity index (χ0) is 14.9. The lowest BCUT2D eigenvalue weighted by molar-refractivity contribution is 0.320. The molecule has 20 heavy (non-hydrogen) atoms. The molecule has 1 aromatic rings. The molecule has 0 amide bonds. The zero-order valence-electron chi connectivity index (χ0n) is 13.3. The summed E-state index contributed by atoms with van der Waals surface area (Å²) in [6, 6.07) is 2.63. The molecule has 3 nitrogen and oxygen atoms in total. The normalized spacial score (nSPS) is 23.7. The van der Waals surface area contributed by atoms with Gasteiger partial charge in [0.25, 0.3) is 0 Å². The number of rotatable bonds is 2. The number of aromatic nitrogens is 2. The molecule has 2 atom stereocenters. The second kappa shape index (κ2) is 6.00. The Kier molecular flexibility index (Phi) is 4.73. The predicted octanol–water partition coefficient (Wildman–Crippen LogP) is 4.55. The molecule has 112 valence electrons. The fraction of sp³-hybridized carbons (Fsp3) is 0.750. The molecule has 1 aliphatic rings. The van der Waals surface area contributed by atoms with Crippen LogP contribution in [0.5, 0.6) is 0 Å². The Hall–Kier alpha value is -0.640. The van der Waals surface area contributed by atoms with Crippen molar-refractivity contribution in [1.29, 1.82) is 0 Å². The summed E-state index contributed by atoms with van der Waals surface area (Å²) in [5, 5.41) is 0. The summed E-state index contributed by atoms with van der Waals surface area (Å²) >= 11 is 3.54. The lowest BCUT2D eigenvalue weighted by Crippen LogP contribution is -2.39. The van der Waals surface area contributed by atoms with E-state index in [1.807, 2.05) is 6.07 Å². The largest absolute Gasteiger partial charge is 0.356 e. The van der Waals surface area contributed by atoms with Crippen LogP contribution in [0.15, 0.2) is 10.7 Å². The van der Waals surface area contributed by atoms with Crippen molar-refractivity contribution < 1.29 is 0 Å². The summed E-state index contributed by atoms with van der Waals surface area (Å²) in [5.74, 6) is 2.67. The van der Waals surface area contributed by atoms with Gasteiger partial charge >= 0.3 is 0 Å². The Morgan fingerprint density at radius 1 is 1.20 bits per heavy atom. The van der Waals surface area contributed by atoms with Crippen LogP contribution in [0.3, 0.4) is 0 Å². The molecule has 1 saturated carbocycles. The molecule has 0 N–H and O–H groups in total. The van der Waals surface area contributed by atoms with E-state index < -0.39 is 0 Å². The van der Waals surface area contributed by atoms with E-state index in [-0.39, 0.29) is 5.41 Å². The van der Waals surface area contributed by atoms with Crippen LogP contribution in [0.2, 0.25) is 0 Å². The topological polar surface area (TPSA) is 29.0 Å². The van der Waals surface area contributed by atoms with Crippen molar-refractivity contribution in [2.45, 2.75) is 64.8 Å². The molecular weight excluding hydrogens is 314 g/mol. The maximum atomic E-state index is 4.80. The van der Waals surface area contributed by atoms with Gasteiger partial charge in [0.05, 0.1) is 0 Å². The summed E-state index contributed by atoms with van der Waals surface area (Å²) in [6.45, 7) is 8.83. The lowest BCUT2D eigenvalue weighted by Gasteiger charge is -2.37. The van der Waals surface area contributed by atoms with Gasteiger partial charge in [0.1, 0.15) is 16.2 Å². The minimum absolute atomic E-state index is 0.0302. The van der Waals surface area contributed by atoms with Crippen molar-refractivity contribution in [2.75, 3.05) is 11.9 Å². The van der Waals surface area contributed by atoms with Gasteiger partial charge in [-0.25, -0.2) is 9.97 Å². The number of halogens is 1. The van der Waals surface area contributed by atoms with Crippen molar-refractivity contribution in [1.82, 2.24) is 9.97 Å². The summed E-state index contributed by atoms with van der Waals surface area (Å²) in [4.78, 5) is 11.7. The number of hydrogen-bond donors (Lipinski definition) is 0. The van der Waals surface area contributed by atoms with E-state index in [4.69, 9.17) is 4.98 Å². The van der Waals surface area contributed by atoms with Crippen LogP contribution in [0.4, 0.5) is 5.82 Å². The Labute approximate surface area is 131 Å². The minimum Gasteiger partial charge on any atom is -0.356 e. The molecular formula is C16H26BrN3. The molecule has 4 heteroatoms. The van der Waals surface area contributed by atoms with Gasteiger partial charge in [0, 0.05) is 24.6 Å². The van der Waals surface area contributed by atoms with Crippen LogP contribution in [0, 0.1) is 5.92 Å². The molecule has 0 spiro atoms. The molecule has 0 radical (unpaired) electrons. The first-order chi connectivity index (χ1) is 9.29. The van der Waals surface area contributed by atoms with Gasteiger partial charge in [-0.2, -0.15) is 0 Å². The van der Waals surface area contributed by atoms with E-state index in [2.05, 4.69) is 60.6 Å². The maximum Gasteiger partial charge on any atom is 0.137 e. The molecule has 0 aromatic carbocycles. The number of anilines is 1. The highest BCUT2D eigenvalue weighted by Gasteiger charge is 2.27. The number of nitrogens with zero attached hydrogens (tertiary/aromatic N) is 3. The third kappa shape index (κ3) is 3.51. The number of hydrogen-bond acceptors (Lipinski definition) is 3. The molecule has 1 aromatic heterocycles. The lowest BCUT2D eigenvalue weighted by atomic mass is 9.85. The third-order valence-corrected chi connectivity index (χ3v) is 4.68. The van der Waals surface area contributed by atoms with Crippen LogP contribution < -0.4 is 4.90 Å². The molecule has 1 heterocycles. The van der Waals surface area contributed by atoms with Crippen LogP contribution in [-0.2, 0) is 5.41 Å². The highest BCUT2D eigenvalue weighted by Crippen LogP contribution is 2.31. The fourth-order valence-corrected chi connectivity index (χ4v) is 3.34. The van der Waals surface area contributed by atoms with E-state index in [0.29, 0.717) is 6.04 Å². The first-order valence-electron chi connectivity index (χ1n) is 7.57. The van der Waals surface area contributed by atoms with Crippen molar-refractivity contribution in [3.8, 4) is 0 Å². The van der Waals surface area contributed by atoms with Gasteiger partial charge in [-0.1, -0.05) is 40.5 Å². The summed E-state index contributed by atoms with van der Waals surface area (Å²) < 4.78 is 0.878. The van der Waals surface area contributed by atoms with Gasteiger partial charge in [-0.15, -0.1) is 0 Å². The molecule has 1 fully saturated rings. The van der Waals surface area contributed by atoms with E-state index in [0.717, 1.165) is 22.2 Å². The molecule has 0 aliphatic heterocycles. The van der Waals surface area contributed by atoms with Crippen LogP contribution in [0.1, 0.15) is 59.2 Å². The second-order valence-electron chi connectivity index (χ2n) is 7.06. The second-order valence-corrected chi connectivity index (χ2v) is 7.87. The smallest absolute Gasteiger partial charge is 0.137 e. The maximum absolute atomic E-state index is 4.80. The first kappa shape index (κ1) is 15.7. The predicted molar refractivity (Wildman–Crippen MR) is 88.3 cm³/mol. The average Bonchev–Trinajstić information content (AvgIpc) is 2.37. The Balaban J connectivity index is 2.29. The van der Waals surface area contributed by atoms with Gasteiger partial charge in [0.15, 0.2) is 0 Å². The third-order valence-electron chi connectivity index (χ3n) is 4.28. The van der Waals surface area contributed by atoms with Crippen LogP contribution in [-0.4, -0.2) is 23.1 Å². The summed E-state index contributed by atoms with van der Waals surface area (Å²) in [6.07, 6.45) is 5.29. The van der Waals surface area contributed by atoms with Gasteiger partial charge in [-0.3, -0.25) is 0 Å². The Morgan fingerprint density at radius 3 is 2.45 bits per heavy atom. The molecule has 0 saturated heterocycles.